The third-order valence-corrected chi connectivity index (χ3v) is 6.91. The molecule has 0 bridgehead atoms. The van der Waals surface area contributed by atoms with Crippen LogP contribution >= 0.6 is 22.7 Å². The maximum Gasteiger partial charge on any atom is 0.338 e. The molecule has 0 fully saturated rings. The third kappa shape index (κ3) is 3.57. The lowest BCUT2D eigenvalue weighted by Crippen LogP contribution is -2.39. The number of nitrogens with zero attached hydrogens (tertiary/aromatic N) is 2. The third-order valence-electron chi connectivity index (χ3n) is 5.00. The first-order valence-corrected chi connectivity index (χ1v) is 11.7. The minimum Gasteiger partial charge on any atom is -0.465 e. The number of hydrogen-bond acceptors (Lipinski definition) is 7. The Morgan fingerprint density at radius 3 is 2.72 bits per heavy atom. The molecule has 0 N–H and O–H groups in total. The molecule has 5 rings (SSSR count). The Hall–Kier alpha value is -3.49. The Labute approximate surface area is 191 Å². The van der Waals surface area contributed by atoms with Gasteiger partial charge < -0.3 is 9.15 Å². The molecule has 160 valence electrons. The van der Waals surface area contributed by atoms with E-state index in [2.05, 4.69) is 0 Å². The van der Waals surface area contributed by atoms with Gasteiger partial charge in [-0.15, -0.1) is 11.3 Å². The van der Waals surface area contributed by atoms with Crippen molar-refractivity contribution in [3.63, 3.8) is 0 Å². The van der Waals surface area contributed by atoms with E-state index in [0.29, 0.717) is 26.4 Å². The maximum absolute atomic E-state index is 13.5. The number of hydrogen-bond donors (Lipinski definition) is 0. The lowest BCUT2D eigenvalue weighted by atomic mass is 9.97. The number of benzene rings is 1. The van der Waals surface area contributed by atoms with Gasteiger partial charge in [0.2, 0.25) is 0 Å². The van der Waals surface area contributed by atoms with Gasteiger partial charge in [0.05, 0.1) is 28.7 Å². The largest absolute Gasteiger partial charge is 0.465 e. The van der Waals surface area contributed by atoms with Gasteiger partial charge in [-0.3, -0.25) is 9.36 Å². The first kappa shape index (κ1) is 20.4. The summed E-state index contributed by atoms with van der Waals surface area (Å²) < 4.78 is 12.9. The molecule has 1 aliphatic rings. The van der Waals surface area contributed by atoms with Gasteiger partial charge in [-0.1, -0.05) is 47.7 Å². The molecule has 0 amide bonds. The number of rotatable bonds is 5. The van der Waals surface area contributed by atoms with Crippen LogP contribution in [0.5, 0.6) is 0 Å². The second-order valence-corrected chi connectivity index (χ2v) is 8.95. The number of esters is 1. The number of carbonyl (C=O) groups excluding carboxylic acids is 1. The molecule has 1 aromatic carbocycles. The topological polar surface area (TPSA) is 73.8 Å². The van der Waals surface area contributed by atoms with Crippen molar-refractivity contribution in [3.8, 4) is 0 Å². The summed E-state index contributed by atoms with van der Waals surface area (Å²) in [5.74, 6) is 0.102. The number of furan rings is 1. The SMILES string of the molecule is CCOC(=O)C1=C(c2ccccc2)N=c2s/c(=C\c3ccco3)c(=O)n2[C@H]1c1cccs1. The Morgan fingerprint density at radius 1 is 1.19 bits per heavy atom. The van der Waals surface area contributed by atoms with Crippen LogP contribution in [0.15, 0.2) is 86.0 Å². The molecule has 8 heteroatoms. The van der Waals surface area contributed by atoms with Crippen LogP contribution in [-0.4, -0.2) is 17.1 Å². The molecule has 1 aliphatic heterocycles. The minimum absolute atomic E-state index is 0.225. The smallest absolute Gasteiger partial charge is 0.338 e. The Bertz CT molecular complexity index is 1460. The van der Waals surface area contributed by atoms with Crippen LogP contribution in [0, 0.1) is 0 Å². The average Bonchev–Trinajstić information content (AvgIpc) is 3.57. The van der Waals surface area contributed by atoms with Gasteiger partial charge in [-0.2, -0.15) is 0 Å². The zero-order chi connectivity index (χ0) is 22.1. The number of thiophene rings is 1. The molecule has 4 heterocycles. The van der Waals surface area contributed by atoms with Crippen LogP contribution in [0.3, 0.4) is 0 Å². The van der Waals surface area contributed by atoms with E-state index >= 15 is 0 Å². The second-order valence-electron chi connectivity index (χ2n) is 6.96. The number of carbonyl (C=O) groups is 1. The van der Waals surface area contributed by atoms with Gasteiger partial charge in [0.15, 0.2) is 4.80 Å². The van der Waals surface area contributed by atoms with Gasteiger partial charge in [-0.25, -0.2) is 9.79 Å². The predicted molar refractivity (Wildman–Crippen MR) is 124 cm³/mol. The van der Waals surface area contributed by atoms with E-state index in [1.807, 2.05) is 47.8 Å². The number of fused-ring (bicyclic) bond motifs is 1. The summed E-state index contributed by atoms with van der Waals surface area (Å²) in [6, 6.07) is 16.3. The molecule has 0 spiro atoms. The van der Waals surface area contributed by atoms with Crippen molar-refractivity contribution in [1.82, 2.24) is 4.57 Å². The molecule has 0 saturated heterocycles. The molecule has 32 heavy (non-hydrogen) atoms. The zero-order valence-electron chi connectivity index (χ0n) is 17.1. The molecule has 3 aromatic heterocycles. The van der Waals surface area contributed by atoms with Gasteiger partial charge in [0.1, 0.15) is 11.8 Å². The lowest BCUT2D eigenvalue weighted by molar-refractivity contribution is -0.138. The highest BCUT2D eigenvalue weighted by Gasteiger charge is 2.35. The van der Waals surface area contributed by atoms with Gasteiger partial charge >= 0.3 is 5.97 Å². The van der Waals surface area contributed by atoms with Crippen LogP contribution in [0.1, 0.15) is 29.2 Å². The maximum atomic E-state index is 13.5. The number of thiazole rings is 1. The van der Waals surface area contributed by atoms with E-state index < -0.39 is 12.0 Å². The van der Waals surface area contributed by atoms with E-state index in [4.69, 9.17) is 14.1 Å². The molecule has 4 aromatic rings. The summed E-state index contributed by atoms with van der Waals surface area (Å²) in [7, 11) is 0. The van der Waals surface area contributed by atoms with E-state index in [1.165, 1.54) is 22.7 Å². The molecule has 6 nitrogen and oxygen atoms in total. The van der Waals surface area contributed by atoms with Gasteiger partial charge in [-0.05, 0) is 30.5 Å². The van der Waals surface area contributed by atoms with Crippen molar-refractivity contribution in [2.24, 2.45) is 4.99 Å². The fraction of sp³-hybridized carbons (Fsp3) is 0.125. The molecular formula is C24H18N2O4S2. The van der Waals surface area contributed by atoms with E-state index in [0.717, 1.165) is 10.4 Å². The highest BCUT2D eigenvalue weighted by molar-refractivity contribution is 7.10. The van der Waals surface area contributed by atoms with Gasteiger partial charge in [0.25, 0.3) is 5.56 Å². The standard InChI is InChI=1S/C24H18N2O4S2/c1-2-29-23(28)19-20(15-8-4-3-5-9-15)25-24-26(21(19)17-11-7-13-31-17)22(27)18(32-24)14-16-10-6-12-30-16/h3-14,21H,2H2,1H3/b18-14-/t21-/m0/s1. The normalized spacial score (nSPS) is 16.0. The van der Waals surface area contributed by atoms with Crippen LogP contribution in [0.25, 0.3) is 11.8 Å². The molecule has 1 atom stereocenters. The van der Waals surface area contributed by atoms with Crippen LogP contribution < -0.4 is 14.9 Å². The second kappa shape index (κ2) is 8.57. The number of ether oxygens (including phenoxy) is 1. The van der Waals surface area contributed by atoms with Crippen molar-refractivity contribution in [2.75, 3.05) is 6.61 Å². The fourth-order valence-electron chi connectivity index (χ4n) is 3.66. The highest BCUT2D eigenvalue weighted by Crippen LogP contribution is 2.36. The summed E-state index contributed by atoms with van der Waals surface area (Å²) in [6.07, 6.45) is 3.26. The van der Waals surface area contributed by atoms with Crippen LogP contribution in [0.2, 0.25) is 0 Å². The fourth-order valence-corrected chi connectivity index (χ4v) is 5.46. The Kier molecular flexibility index (Phi) is 5.46. The molecule has 0 saturated carbocycles. The minimum atomic E-state index is -0.626. The zero-order valence-corrected chi connectivity index (χ0v) is 18.7. The summed E-state index contributed by atoms with van der Waals surface area (Å²) in [4.78, 5) is 32.9. The van der Waals surface area contributed by atoms with E-state index in [1.54, 1.807) is 36.0 Å². The monoisotopic (exact) mass is 462 g/mol. The first-order valence-electron chi connectivity index (χ1n) is 10.0. The van der Waals surface area contributed by atoms with Crippen molar-refractivity contribution in [3.05, 3.63) is 108 Å². The summed E-state index contributed by atoms with van der Waals surface area (Å²) in [6.45, 7) is 1.99. The van der Waals surface area contributed by atoms with E-state index in [-0.39, 0.29) is 12.2 Å². The molecule has 0 radical (unpaired) electrons. The van der Waals surface area contributed by atoms with Crippen LogP contribution in [0.4, 0.5) is 0 Å². The van der Waals surface area contributed by atoms with E-state index in [9.17, 15) is 9.59 Å². The lowest BCUT2D eigenvalue weighted by Gasteiger charge is -2.24. The van der Waals surface area contributed by atoms with Crippen molar-refractivity contribution >= 4 is 40.4 Å². The van der Waals surface area contributed by atoms with Gasteiger partial charge in [0, 0.05) is 16.5 Å². The molecule has 0 aliphatic carbocycles. The predicted octanol–water partition coefficient (Wildman–Crippen LogP) is 3.59. The Balaban J connectivity index is 1.83. The number of aromatic nitrogens is 1. The summed E-state index contributed by atoms with van der Waals surface area (Å²) in [5.41, 5.74) is 1.45. The summed E-state index contributed by atoms with van der Waals surface area (Å²) >= 11 is 2.76. The molecule has 0 unspecified atom stereocenters. The quantitative estimate of drug-likeness (QED) is 0.425. The van der Waals surface area contributed by atoms with Crippen molar-refractivity contribution < 1.29 is 13.9 Å². The molecular weight excluding hydrogens is 444 g/mol. The van der Waals surface area contributed by atoms with Crippen LogP contribution in [-0.2, 0) is 9.53 Å². The summed E-state index contributed by atoms with van der Waals surface area (Å²) in [5, 5.41) is 1.93. The van der Waals surface area contributed by atoms with Crippen molar-refractivity contribution in [2.45, 2.75) is 13.0 Å². The first-order chi connectivity index (χ1) is 15.7. The highest BCUT2D eigenvalue weighted by atomic mass is 32.1. The Morgan fingerprint density at radius 2 is 2.03 bits per heavy atom. The van der Waals surface area contributed by atoms with Crippen molar-refractivity contribution in [1.29, 1.82) is 0 Å². The average molecular weight is 463 g/mol.